The normalized spacial score (nSPS) is 10.7. The lowest BCUT2D eigenvalue weighted by Gasteiger charge is -1.94. The van der Waals surface area contributed by atoms with Crippen molar-refractivity contribution in [2.24, 2.45) is 0 Å². The molecule has 0 unspecified atom stereocenters. The molecule has 3 rings (SSSR count). The molecule has 100 valence electrons. The highest BCUT2D eigenvalue weighted by Crippen LogP contribution is 2.25. The molecule has 3 aromatic rings. The van der Waals surface area contributed by atoms with Crippen LogP contribution in [0.1, 0.15) is 5.76 Å². The van der Waals surface area contributed by atoms with Gasteiger partial charge in [-0.25, -0.2) is 0 Å². The maximum atomic E-state index is 10.6. The molecule has 1 aromatic carbocycles. The second-order valence-corrected chi connectivity index (χ2v) is 4.04. The first-order valence-electron chi connectivity index (χ1n) is 5.65. The Hall–Kier alpha value is -3.03. The fraction of sp³-hybridized carbons (Fsp3) is 0.0833. The van der Waals surface area contributed by atoms with Crippen molar-refractivity contribution in [3.05, 3.63) is 46.2 Å². The summed E-state index contributed by atoms with van der Waals surface area (Å²) in [6.07, 6.45) is 0. The molecule has 0 saturated carbocycles. The van der Waals surface area contributed by atoms with Gasteiger partial charge in [0.1, 0.15) is 5.76 Å². The Morgan fingerprint density at radius 1 is 1.15 bits per heavy atom. The molecule has 0 atom stereocenters. The molecule has 0 radical (unpaired) electrons. The van der Waals surface area contributed by atoms with Crippen LogP contribution >= 0.6 is 0 Å². The Labute approximate surface area is 112 Å². The van der Waals surface area contributed by atoms with Gasteiger partial charge in [-0.15, -0.1) is 10.2 Å². The maximum absolute atomic E-state index is 10.6. The molecule has 8 heteroatoms. The van der Waals surface area contributed by atoms with Crippen molar-refractivity contribution in [3.8, 4) is 23.0 Å². The number of nitrogens with zero attached hydrogens (tertiary/aromatic N) is 4. The molecular formula is C12H8N4O4. The largest absolute Gasteiger partial charge is 0.414 e. The van der Waals surface area contributed by atoms with Crippen molar-refractivity contribution in [1.82, 2.24) is 15.4 Å². The summed E-state index contributed by atoms with van der Waals surface area (Å²) >= 11 is 0. The maximum Gasteiger partial charge on any atom is 0.270 e. The van der Waals surface area contributed by atoms with Crippen LogP contribution in [-0.4, -0.2) is 20.3 Å². The van der Waals surface area contributed by atoms with Gasteiger partial charge in [0.15, 0.2) is 5.69 Å². The lowest BCUT2D eigenvalue weighted by atomic mass is 10.2. The van der Waals surface area contributed by atoms with Gasteiger partial charge in [-0.05, 0) is 19.1 Å². The van der Waals surface area contributed by atoms with Gasteiger partial charge in [-0.1, -0.05) is 5.16 Å². The van der Waals surface area contributed by atoms with Gasteiger partial charge in [0.25, 0.3) is 11.6 Å². The van der Waals surface area contributed by atoms with Crippen molar-refractivity contribution in [3.63, 3.8) is 0 Å². The van der Waals surface area contributed by atoms with E-state index < -0.39 is 4.92 Å². The fourth-order valence-electron chi connectivity index (χ4n) is 1.64. The van der Waals surface area contributed by atoms with Gasteiger partial charge < -0.3 is 8.94 Å². The van der Waals surface area contributed by atoms with Gasteiger partial charge >= 0.3 is 0 Å². The van der Waals surface area contributed by atoms with Crippen molar-refractivity contribution < 1.29 is 13.9 Å². The van der Waals surface area contributed by atoms with Gasteiger partial charge in [-0.2, -0.15) is 0 Å². The summed E-state index contributed by atoms with van der Waals surface area (Å²) in [5, 5.41) is 22.1. The standard InChI is InChI=1S/C12H8N4O4/c1-7-6-10(15-20-7)12-14-13-11(19-12)8-2-4-9(5-3-8)16(17)18/h2-6H,1H3. The minimum Gasteiger partial charge on any atom is -0.414 e. The SMILES string of the molecule is Cc1cc(-c2nnc(-c3ccc([N+](=O)[O-])cc3)o2)no1. The van der Waals surface area contributed by atoms with E-state index in [4.69, 9.17) is 8.94 Å². The second kappa shape index (κ2) is 4.57. The number of nitro groups is 1. The van der Waals surface area contributed by atoms with Crippen LogP contribution in [0.3, 0.4) is 0 Å². The van der Waals surface area contributed by atoms with E-state index in [1.807, 2.05) is 0 Å². The first-order valence-corrected chi connectivity index (χ1v) is 5.65. The van der Waals surface area contributed by atoms with Crippen molar-refractivity contribution >= 4 is 5.69 Å². The van der Waals surface area contributed by atoms with Crippen LogP contribution in [-0.2, 0) is 0 Å². The third-order valence-electron chi connectivity index (χ3n) is 2.60. The zero-order chi connectivity index (χ0) is 14.1. The van der Waals surface area contributed by atoms with Crippen LogP contribution < -0.4 is 0 Å². The predicted molar refractivity (Wildman–Crippen MR) is 66.6 cm³/mol. The van der Waals surface area contributed by atoms with Gasteiger partial charge in [0, 0.05) is 23.8 Å². The minimum absolute atomic E-state index is 0.000569. The number of nitro benzene ring substituents is 1. The Morgan fingerprint density at radius 3 is 2.45 bits per heavy atom. The molecule has 0 aliphatic carbocycles. The average molecular weight is 272 g/mol. The highest BCUT2D eigenvalue weighted by atomic mass is 16.6. The average Bonchev–Trinajstić information content (AvgIpc) is 3.07. The van der Waals surface area contributed by atoms with Crippen LogP contribution in [0.2, 0.25) is 0 Å². The third-order valence-corrected chi connectivity index (χ3v) is 2.60. The molecule has 2 aromatic heterocycles. The van der Waals surface area contributed by atoms with Gasteiger partial charge in [-0.3, -0.25) is 10.1 Å². The summed E-state index contributed by atoms with van der Waals surface area (Å²) in [5.74, 6) is 1.13. The summed E-state index contributed by atoms with van der Waals surface area (Å²) in [6, 6.07) is 7.51. The lowest BCUT2D eigenvalue weighted by Crippen LogP contribution is -1.87. The molecule has 0 amide bonds. The highest BCUT2D eigenvalue weighted by molar-refractivity contribution is 5.57. The first-order chi connectivity index (χ1) is 9.63. The van der Waals surface area contributed by atoms with E-state index in [1.165, 1.54) is 12.1 Å². The third kappa shape index (κ3) is 2.14. The summed E-state index contributed by atoms with van der Waals surface area (Å²) in [6.45, 7) is 1.75. The quantitative estimate of drug-likeness (QED) is 0.532. The molecule has 0 N–H and O–H groups in total. The Kier molecular flexibility index (Phi) is 2.75. The van der Waals surface area contributed by atoms with E-state index >= 15 is 0 Å². The number of aryl methyl sites for hydroxylation is 1. The topological polar surface area (TPSA) is 108 Å². The smallest absolute Gasteiger partial charge is 0.270 e. The van der Waals surface area contributed by atoms with Crippen molar-refractivity contribution in [1.29, 1.82) is 0 Å². The van der Waals surface area contributed by atoms with E-state index in [9.17, 15) is 10.1 Å². The van der Waals surface area contributed by atoms with Crippen molar-refractivity contribution in [2.75, 3.05) is 0 Å². The van der Waals surface area contributed by atoms with Crippen LogP contribution in [0, 0.1) is 17.0 Å². The van der Waals surface area contributed by atoms with Crippen LogP contribution in [0.15, 0.2) is 39.3 Å². The van der Waals surface area contributed by atoms with E-state index in [0.717, 1.165) is 0 Å². The van der Waals surface area contributed by atoms with E-state index in [1.54, 1.807) is 25.1 Å². The summed E-state index contributed by atoms with van der Waals surface area (Å²) in [7, 11) is 0. The van der Waals surface area contributed by atoms with E-state index in [2.05, 4.69) is 15.4 Å². The molecular weight excluding hydrogens is 264 g/mol. The van der Waals surface area contributed by atoms with Crippen LogP contribution in [0.4, 0.5) is 5.69 Å². The molecule has 0 saturated heterocycles. The minimum atomic E-state index is -0.471. The fourth-order valence-corrected chi connectivity index (χ4v) is 1.64. The summed E-state index contributed by atoms with van der Waals surface area (Å²) in [4.78, 5) is 10.1. The molecule has 0 fully saturated rings. The molecule has 8 nitrogen and oxygen atoms in total. The van der Waals surface area contributed by atoms with E-state index in [0.29, 0.717) is 17.0 Å². The molecule has 20 heavy (non-hydrogen) atoms. The number of benzene rings is 1. The number of hydrogen-bond acceptors (Lipinski definition) is 7. The first kappa shape index (κ1) is 12.0. The van der Waals surface area contributed by atoms with Crippen molar-refractivity contribution in [2.45, 2.75) is 6.92 Å². The summed E-state index contributed by atoms with van der Waals surface area (Å²) < 4.78 is 10.4. The number of aromatic nitrogens is 3. The number of hydrogen-bond donors (Lipinski definition) is 0. The zero-order valence-corrected chi connectivity index (χ0v) is 10.3. The molecule has 0 spiro atoms. The molecule has 0 aliphatic rings. The molecule has 0 bridgehead atoms. The van der Waals surface area contributed by atoms with Crippen LogP contribution in [0.25, 0.3) is 23.0 Å². The van der Waals surface area contributed by atoms with Gasteiger partial charge in [0.2, 0.25) is 5.89 Å². The Bertz CT molecular complexity index is 760. The zero-order valence-electron chi connectivity index (χ0n) is 10.3. The monoisotopic (exact) mass is 272 g/mol. The Morgan fingerprint density at radius 2 is 1.85 bits per heavy atom. The second-order valence-electron chi connectivity index (χ2n) is 4.04. The highest BCUT2D eigenvalue weighted by Gasteiger charge is 2.14. The van der Waals surface area contributed by atoms with Gasteiger partial charge in [0.05, 0.1) is 4.92 Å². The van der Waals surface area contributed by atoms with Crippen LogP contribution in [0.5, 0.6) is 0 Å². The van der Waals surface area contributed by atoms with E-state index in [-0.39, 0.29) is 17.5 Å². The molecule has 0 aliphatic heterocycles. The number of rotatable bonds is 3. The predicted octanol–water partition coefficient (Wildman–Crippen LogP) is 2.61. The lowest BCUT2D eigenvalue weighted by molar-refractivity contribution is -0.384. The number of non-ortho nitro benzene ring substituents is 1. The molecule has 2 heterocycles. The Balaban J connectivity index is 1.91. The summed E-state index contributed by atoms with van der Waals surface area (Å²) in [5.41, 5.74) is 1.04.